The molecule has 0 aromatic carbocycles. The van der Waals surface area contributed by atoms with Crippen molar-refractivity contribution in [1.82, 2.24) is 5.32 Å². The third kappa shape index (κ3) is 3.74. The second kappa shape index (κ2) is 6.46. The van der Waals surface area contributed by atoms with Gasteiger partial charge in [-0.1, -0.05) is 13.8 Å². The summed E-state index contributed by atoms with van der Waals surface area (Å²) in [6.07, 6.45) is 4.29. The van der Waals surface area contributed by atoms with Crippen LogP contribution in [0.5, 0.6) is 0 Å². The lowest BCUT2D eigenvalue weighted by Crippen LogP contribution is -2.40. The highest BCUT2D eigenvalue weighted by molar-refractivity contribution is 4.82. The first-order valence-electron chi connectivity index (χ1n) is 6.18. The molecule has 15 heavy (non-hydrogen) atoms. The maximum Gasteiger partial charge on any atom is 0.0620 e. The van der Waals surface area contributed by atoms with Crippen molar-refractivity contribution in [1.29, 1.82) is 0 Å². The number of hydrogen-bond acceptors (Lipinski definition) is 3. The molecule has 3 heteroatoms. The van der Waals surface area contributed by atoms with Crippen LogP contribution in [0.2, 0.25) is 0 Å². The lowest BCUT2D eigenvalue weighted by atomic mass is 9.79. The van der Waals surface area contributed by atoms with E-state index in [4.69, 9.17) is 9.84 Å². The molecule has 0 radical (unpaired) electrons. The van der Waals surface area contributed by atoms with E-state index in [0.717, 1.165) is 45.4 Å². The first-order valence-corrected chi connectivity index (χ1v) is 6.18. The van der Waals surface area contributed by atoms with E-state index in [2.05, 4.69) is 19.2 Å². The summed E-state index contributed by atoms with van der Waals surface area (Å²) in [6, 6.07) is 0.529. The fraction of sp³-hybridized carbons (Fsp3) is 1.00. The molecule has 0 aliphatic carbocycles. The predicted octanol–water partition coefficient (Wildman–Crippen LogP) is 1.55. The molecule has 1 saturated heterocycles. The minimum absolute atomic E-state index is 0.275. The first kappa shape index (κ1) is 12.9. The number of hydrogen-bond donors (Lipinski definition) is 2. The van der Waals surface area contributed by atoms with Crippen molar-refractivity contribution >= 4 is 0 Å². The maximum atomic E-state index is 9.10. The number of aliphatic hydroxyl groups is 1. The standard InChI is InChI=1S/C12H25NO2/c1-3-12(4-2,6-7-14)10-13-11-5-8-15-9-11/h11,13-14H,3-10H2,1-2H3. The van der Waals surface area contributed by atoms with Crippen LogP contribution in [0.4, 0.5) is 0 Å². The van der Waals surface area contributed by atoms with E-state index < -0.39 is 0 Å². The van der Waals surface area contributed by atoms with Crippen molar-refractivity contribution in [3.05, 3.63) is 0 Å². The van der Waals surface area contributed by atoms with Crippen LogP contribution < -0.4 is 5.32 Å². The quantitative estimate of drug-likeness (QED) is 0.677. The van der Waals surface area contributed by atoms with E-state index in [9.17, 15) is 0 Å². The normalized spacial score (nSPS) is 22.2. The van der Waals surface area contributed by atoms with Crippen LogP contribution in [0.15, 0.2) is 0 Å². The first-order chi connectivity index (χ1) is 7.26. The van der Waals surface area contributed by atoms with Crippen molar-refractivity contribution in [3.63, 3.8) is 0 Å². The Morgan fingerprint density at radius 2 is 2.13 bits per heavy atom. The van der Waals surface area contributed by atoms with Gasteiger partial charge < -0.3 is 15.2 Å². The van der Waals surface area contributed by atoms with Crippen LogP contribution in [-0.2, 0) is 4.74 Å². The van der Waals surface area contributed by atoms with Crippen LogP contribution in [0.3, 0.4) is 0 Å². The molecule has 0 bridgehead atoms. The Bertz CT molecular complexity index is 163. The van der Waals surface area contributed by atoms with E-state index in [1.165, 1.54) is 0 Å². The Kier molecular flexibility index (Phi) is 5.58. The molecule has 0 aromatic rings. The molecular weight excluding hydrogens is 190 g/mol. The van der Waals surface area contributed by atoms with Crippen LogP contribution in [0.1, 0.15) is 39.5 Å². The Morgan fingerprint density at radius 1 is 1.40 bits per heavy atom. The fourth-order valence-electron chi connectivity index (χ4n) is 2.24. The molecule has 3 nitrogen and oxygen atoms in total. The second-order valence-electron chi connectivity index (χ2n) is 4.62. The van der Waals surface area contributed by atoms with Gasteiger partial charge in [-0.05, 0) is 31.1 Å². The molecule has 1 aliphatic heterocycles. The van der Waals surface area contributed by atoms with Gasteiger partial charge in [-0.25, -0.2) is 0 Å². The lowest BCUT2D eigenvalue weighted by molar-refractivity contribution is 0.153. The van der Waals surface area contributed by atoms with Gasteiger partial charge in [0.05, 0.1) is 6.61 Å². The van der Waals surface area contributed by atoms with Crippen molar-refractivity contribution in [3.8, 4) is 0 Å². The zero-order valence-electron chi connectivity index (χ0n) is 10.1. The minimum atomic E-state index is 0.275. The Balaban J connectivity index is 2.35. The summed E-state index contributed by atoms with van der Waals surface area (Å²) >= 11 is 0. The van der Waals surface area contributed by atoms with Crippen LogP contribution in [0.25, 0.3) is 0 Å². The number of nitrogens with one attached hydrogen (secondary N) is 1. The summed E-state index contributed by atoms with van der Waals surface area (Å²) in [5.41, 5.74) is 0.275. The largest absolute Gasteiger partial charge is 0.396 e. The van der Waals surface area contributed by atoms with Gasteiger partial charge in [0.15, 0.2) is 0 Å². The Labute approximate surface area is 93.2 Å². The topological polar surface area (TPSA) is 41.5 Å². The Hall–Kier alpha value is -0.120. The zero-order chi connectivity index (χ0) is 11.1. The van der Waals surface area contributed by atoms with E-state index >= 15 is 0 Å². The lowest BCUT2D eigenvalue weighted by Gasteiger charge is -2.32. The SMILES string of the molecule is CCC(CC)(CCO)CNC1CCOC1. The molecule has 1 atom stereocenters. The number of rotatable bonds is 7. The summed E-state index contributed by atoms with van der Waals surface area (Å²) in [7, 11) is 0. The molecule has 1 aliphatic rings. The molecule has 0 spiro atoms. The fourth-order valence-corrected chi connectivity index (χ4v) is 2.24. The van der Waals surface area contributed by atoms with Gasteiger partial charge in [-0.3, -0.25) is 0 Å². The van der Waals surface area contributed by atoms with Gasteiger partial charge in [-0.15, -0.1) is 0 Å². The molecule has 0 aromatic heterocycles. The Morgan fingerprint density at radius 3 is 2.60 bits per heavy atom. The highest BCUT2D eigenvalue weighted by Gasteiger charge is 2.27. The van der Waals surface area contributed by atoms with Crippen molar-refractivity contribution in [2.75, 3.05) is 26.4 Å². The smallest absolute Gasteiger partial charge is 0.0620 e. The van der Waals surface area contributed by atoms with Crippen molar-refractivity contribution < 1.29 is 9.84 Å². The molecule has 0 saturated carbocycles. The molecule has 0 amide bonds. The van der Waals surface area contributed by atoms with Gasteiger partial charge in [0.25, 0.3) is 0 Å². The van der Waals surface area contributed by atoms with Gasteiger partial charge in [0.2, 0.25) is 0 Å². The monoisotopic (exact) mass is 215 g/mol. The molecule has 90 valence electrons. The maximum absolute atomic E-state index is 9.10. The predicted molar refractivity (Wildman–Crippen MR) is 61.9 cm³/mol. The third-order valence-corrected chi connectivity index (χ3v) is 3.84. The van der Waals surface area contributed by atoms with Crippen LogP contribution in [-0.4, -0.2) is 37.5 Å². The summed E-state index contributed by atoms with van der Waals surface area (Å²) in [6.45, 7) is 7.47. The highest BCUT2D eigenvalue weighted by atomic mass is 16.5. The van der Waals surface area contributed by atoms with E-state index in [0.29, 0.717) is 12.6 Å². The average molecular weight is 215 g/mol. The molecule has 1 heterocycles. The van der Waals surface area contributed by atoms with E-state index in [1.807, 2.05) is 0 Å². The zero-order valence-corrected chi connectivity index (χ0v) is 10.1. The average Bonchev–Trinajstić information content (AvgIpc) is 2.77. The van der Waals surface area contributed by atoms with Gasteiger partial charge in [0.1, 0.15) is 0 Å². The van der Waals surface area contributed by atoms with Crippen LogP contribution in [0, 0.1) is 5.41 Å². The van der Waals surface area contributed by atoms with Gasteiger partial charge >= 0.3 is 0 Å². The molecule has 2 N–H and O–H groups in total. The molecule has 1 unspecified atom stereocenters. The number of ether oxygens (including phenoxy) is 1. The number of aliphatic hydroxyl groups excluding tert-OH is 1. The van der Waals surface area contributed by atoms with Crippen molar-refractivity contribution in [2.24, 2.45) is 5.41 Å². The van der Waals surface area contributed by atoms with Crippen molar-refractivity contribution in [2.45, 2.75) is 45.6 Å². The minimum Gasteiger partial charge on any atom is -0.396 e. The summed E-state index contributed by atoms with van der Waals surface area (Å²) < 4.78 is 5.34. The second-order valence-corrected chi connectivity index (χ2v) is 4.62. The van der Waals surface area contributed by atoms with Gasteiger partial charge in [0, 0.05) is 25.8 Å². The van der Waals surface area contributed by atoms with Crippen LogP contribution >= 0.6 is 0 Å². The van der Waals surface area contributed by atoms with Gasteiger partial charge in [-0.2, -0.15) is 0 Å². The summed E-state index contributed by atoms with van der Waals surface area (Å²) in [5.74, 6) is 0. The molecular formula is C12H25NO2. The van der Waals surface area contributed by atoms with E-state index in [1.54, 1.807) is 0 Å². The van der Waals surface area contributed by atoms with E-state index in [-0.39, 0.29) is 5.41 Å². The summed E-state index contributed by atoms with van der Waals surface area (Å²) in [5, 5.41) is 12.7. The highest BCUT2D eigenvalue weighted by Crippen LogP contribution is 2.29. The molecule has 1 rings (SSSR count). The third-order valence-electron chi connectivity index (χ3n) is 3.84. The molecule has 1 fully saturated rings. The summed E-state index contributed by atoms with van der Waals surface area (Å²) in [4.78, 5) is 0.